The van der Waals surface area contributed by atoms with Crippen molar-refractivity contribution in [2.45, 2.75) is 19.3 Å². The van der Waals surface area contributed by atoms with Gasteiger partial charge in [0, 0.05) is 38.2 Å². The molecule has 10 aromatic carbocycles. The molecule has 0 fully saturated rings. The van der Waals surface area contributed by atoms with Crippen molar-refractivity contribution in [2.24, 2.45) is 0 Å². The number of aromatic nitrogens is 3. The van der Waals surface area contributed by atoms with Gasteiger partial charge in [-0.25, -0.2) is 4.98 Å². The number of hydrogen-bond acceptors (Lipinski definition) is 2. The molecule has 300 valence electrons. The van der Waals surface area contributed by atoms with Crippen molar-refractivity contribution in [1.29, 1.82) is 0 Å². The summed E-state index contributed by atoms with van der Waals surface area (Å²) in [6.07, 6.45) is 1.93. The summed E-state index contributed by atoms with van der Waals surface area (Å²) in [5, 5.41) is 7.19. The standard InChI is InChI=1S/C61H41N3/c1-61(2)54-34-41(26-29-48(54)49-30-27-42(35-55(49)61)43-28-31-51-50-22-10-11-25-57(50)64(58(51)36-43)45-18-4-3-5-19-45)39-15-12-14-38(32-39)40-16-13-17-44(33-40)56-37-62-59-52-23-8-6-20-46(52)47-21-7-9-24-53(47)60(59)63-56/h3-37H,1-2H3. The second-order valence-electron chi connectivity index (χ2n) is 17.8. The highest BCUT2D eigenvalue weighted by atomic mass is 15.0. The molecule has 0 radical (unpaired) electrons. The van der Waals surface area contributed by atoms with Crippen LogP contribution in [0.15, 0.2) is 212 Å². The van der Waals surface area contributed by atoms with Crippen molar-refractivity contribution < 1.29 is 0 Å². The van der Waals surface area contributed by atoms with E-state index in [0.29, 0.717) is 0 Å². The van der Waals surface area contributed by atoms with Crippen molar-refractivity contribution in [2.75, 3.05) is 0 Å². The summed E-state index contributed by atoms with van der Waals surface area (Å²) >= 11 is 0. The van der Waals surface area contributed by atoms with E-state index in [1.165, 1.54) is 88.3 Å². The van der Waals surface area contributed by atoms with Crippen LogP contribution in [0.25, 0.3) is 116 Å². The van der Waals surface area contributed by atoms with Crippen LogP contribution in [0, 0.1) is 0 Å². The van der Waals surface area contributed by atoms with E-state index in [9.17, 15) is 0 Å². The van der Waals surface area contributed by atoms with Gasteiger partial charge in [-0.05, 0) is 115 Å². The van der Waals surface area contributed by atoms with Gasteiger partial charge in [-0.2, -0.15) is 0 Å². The van der Waals surface area contributed by atoms with E-state index in [4.69, 9.17) is 9.97 Å². The van der Waals surface area contributed by atoms with Crippen molar-refractivity contribution in [3.05, 3.63) is 224 Å². The van der Waals surface area contributed by atoms with Crippen LogP contribution in [0.3, 0.4) is 0 Å². The zero-order valence-corrected chi connectivity index (χ0v) is 35.5. The first-order valence-electron chi connectivity index (χ1n) is 22.1. The predicted molar refractivity (Wildman–Crippen MR) is 268 cm³/mol. The van der Waals surface area contributed by atoms with E-state index < -0.39 is 0 Å². The van der Waals surface area contributed by atoms with Gasteiger partial charge in [0.2, 0.25) is 0 Å². The molecule has 0 saturated carbocycles. The Morgan fingerprint density at radius 2 is 0.844 bits per heavy atom. The lowest BCUT2D eigenvalue weighted by Crippen LogP contribution is -2.15. The molecule has 0 atom stereocenters. The zero-order chi connectivity index (χ0) is 42.5. The molecule has 2 heterocycles. The van der Waals surface area contributed by atoms with E-state index >= 15 is 0 Å². The summed E-state index contributed by atoms with van der Waals surface area (Å²) in [5.41, 5.74) is 19.8. The normalized spacial score (nSPS) is 13.0. The maximum atomic E-state index is 5.28. The SMILES string of the molecule is CC1(C)c2cc(-c3cccc(-c4cccc(-c5cnc6c7ccccc7c7ccccc7c6n5)c4)c3)ccc2-c2ccc(-c3ccc4c5ccccc5n(-c5ccccc5)c4c3)cc21. The van der Waals surface area contributed by atoms with Gasteiger partial charge >= 0.3 is 0 Å². The minimum atomic E-state index is -0.176. The van der Waals surface area contributed by atoms with E-state index in [0.717, 1.165) is 38.6 Å². The Labute approximate surface area is 371 Å². The van der Waals surface area contributed by atoms with Crippen LogP contribution < -0.4 is 0 Å². The van der Waals surface area contributed by atoms with Crippen molar-refractivity contribution in [3.63, 3.8) is 0 Å². The summed E-state index contributed by atoms with van der Waals surface area (Å²) in [6, 6.07) is 75.2. The summed E-state index contributed by atoms with van der Waals surface area (Å²) < 4.78 is 2.40. The summed E-state index contributed by atoms with van der Waals surface area (Å²) in [7, 11) is 0. The third-order valence-electron chi connectivity index (χ3n) is 13.8. The van der Waals surface area contributed by atoms with Crippen LogP contribution in [0.1, 0.15) is 25.0 Å². The van der Waals surface area contributed by atoms with Gasteiger partial charge in [0.15, 0.2) is 0 Å². The Balaban J connectivity index is 0.838. The maximum Gasteiger partial charge on any atom is 0.0979 e. The molecule has 13 rings (SSSR count). The number of para-hydroxylation sites is 2. The van der Waals surface area contributed by atoms with Gasteiger partial charge in [0.05, 0.1) is 34.0 Å². The maximum absolute atomic E-state index is 5.28. The minimum absolute atomic E-state index is 0.176. The molecule has 0 aliphatic heterocycles. The highest BCUT2D eigenvalue weighted by Crippen LogP contribution is 2.51. The summed E-state index contributed by atoms with van der Waals surface area (Å²) in [4.78, 5) is 10.3. The smallest absolute Gasteiger partial charge is 0.0979 e. The fraction of sp³-hybridized carbons (Fsp3) is 0.0492. The van der Waals surface area contributed by atoms with Crippen LogP contribution in [0.4, 0.5) is 0 Å². The van der Waals surface area contributed by atoms with E-state index in [1.54, 1.807) is 0 Å². The Bertz CT molecular complexity index is 3840. The quantitative estimate of drug-likeness (QED) is 0.162. The Morgan fingerprint density at radius 3 is 1.50 bits per heavy atom. The number of fused-ring (bicyclic) bond motifs is 12. The molecule has 1 aliphatic rings. The lowest BCUT2D eigenvalue weighted by molar-refractivity contribution is 0.661. The molecule has 1 aliphatic carbocycles. The molecule has 2 aromatic heterocycles. The Morgan fingerprint density at radius 1 is 0.359 bits per heavy atom. The van der Waals surface area contributed by atoms with E-state index in [1.807, 2.05) is 6.20 Å². The Kier molecular flexibility index (Phi) is 7.95. The lowest BCUT2D eigenvalue weighted by atomic mass is 9.80. The van der Waals surface area contributed by atoms with Crippen molar-refractivity contribution in [3.8, 4) is 61.5 Å². The van der Waals surface area contributed by atoms with E-state index in [2.05, 4.69) is 225 Å². The minimum Gasteiger partial charge on any atom is -0.309 e. The first-order valence-corrected chi connectivity index (χ1v) is 22.1. The molecular formula is C61H41N3. The van der Waals surface area contributed by atoms with E-state index in [-0.39, 0.29) is 5.41 Å². The highest BCUT2D eigenvalue weighted by Gasteiger charge is 2.36. The molecular weight excluding hydrogens is 775 g/mol. The molecule has 12 aromatic rings. The monoisotopic (exact) mass is 815 g/mol. The molecule has 0 bridgehead atoms. The van der Waals surface area contributed by atoms with Crippen LogP contribution >= 0.6 is 0 Å². The van der Waals surface area contributed by atoms with Crippen LogP contribution in [0.2, 0.25) is 0 Å². The third-order valence-corrected chi connectivity index (χ3v) is 13.8. The third kappa shape index (κ3) is 5.54. The number of hydrogen-bond donors (Lipinski definition) is 0. The molecule has 0 N–H and O–H groups in total. The molecule has 64 heavy (non-hydrogen) atoms. The number of benzene rings is 10. The molecule has 0 unspecified atom stereocenters. The zero-order valence-electron chi connectivity index (χ0n) is 35.5. The highest BCUT2D eigenvalue weighted by molar-refractivity contribution is 6.23. The van der Waals surface area contributed by atoms with Gasteiger partial charge in [-0.15, -0.1) is 0 Å². The van der Waals surface area contributed by atoms with Gasteiger partial charge in [0.25, 0.3) is 0 Å². The first kappa shape index (κ1) is 36.5. The van der Waals surface area contributed by atoms with Crippen LogP contribution in [0.5, 0.6) is 0 Å². The second-order valence-corrected chi connectivity index (χ2v) is 17.8. The predicted octanol–water partition coefficient (Wildman–Crippen LogP) is 16.0. The second kappa shape index (κ2) is 13.9. The molecule has 0 saturated heterocycles. The molecule has 0 spiro atoms. The fourth-order valence-electron chi connectivity index (χ4n) is 10.6. The van der Waals surface area contributed by atoms with Gasteiger partial charge in [-0.1, -0.05) is 172 Å². The summed E-state index contributed by atoms with van der Waals surface area (Å²) in [6.45, 7) is 4.76. The van der Waals surface area contributed by atoms with Crippen molar-refractivity contribution >= 4 is 54.4 Å². The van der Waals surface area contributed by atoms with Crippen LogP contribution in [-0.4, -0.2) is 14.5 Å². The first-order chi connectivity index (χ1) is 31.5. The van der Waals surface area contributed by atoms with Crippen molar-refractivity contribution in [1.82, 2.24) is 14.5 Å². The largest absolute Gasteiger partial charge is 0.309 e. The number of rotatable bonds is 5. The topological polar surface area (TPSA) is 30.7 Å². The average Bonchev–Trinajstić information content (AvgIpc) is 3.81. The fourth-order valence-corrected chi connectivity index (χ4v) is 10.6. The number of nitrogens with zero attached hydrogens (tertiary/aromatic N) is 3. The van der Waals surface area contributed by atoms with Gasteiger partial charge < -0.3 is 4.57 Å². The van der Waals surface area contributed by atoms with Gasteiger partial charge in [0.1, 0.15) is 0 Å². The molecule has 0 amide bonds. The average molecular weight is 816 g/mol. The Hall–Kier alpha value is -8.14. The summed E-state index contributed by atoms with van der Waals surface area (Å²) in [5.74, 6) is 0. The molecule has 3 heteroatoms. The van der Waals surface area contributed by atoms with Gasteiger partial charge in [-0.3, -0.25) is 4.98 Å². The lowest BCUT2D eigenvalue weighted by Gasteiger charge is -2.23. The molecule has 3 nitrogen and oxygen atoms in total. The van der Waals surface area contributed by atoms with Crippen LogP contribution in [-0.2, 0) is 5.41 Å².